The van der Waals surface area contributed by atoms with E-state index in [-0.39, 0.29) is 18.0 Å². The van der Waals surface area contributed by atoms with E-state index in [4.69, 9.17) is 16.3 Å². The number of hydrogen-bond acceptors (Lipinski definition) is 5. The fourth-order valence-corrected chi connectivity index (χ4v) is 2.90. The van der Waals surface area contributed by atoms with Gasteiger partial charge in [-0.25, -0.2) is 9.97 Å². The van der Waals surface area contributed by atoms with Crippen molar-refractivity contribution in [3.05, 3.63) is 45.9 Å². The van der Waals surface area contributed by atoms with Crippen molar-refractivity contribution in [2.45, 2.75) is 18.9 Å². The second-order valence-electron chi connectivity index (χ2n) is 5.21. The molecule has 0 spiro atoms. The number of pyridine rings is 1. The Labute approximate surface area is 147 Å². The summed E-state index contributed by atoms with van der Waals surface area (Å²) in [6, 6.07) is 2.04. The van der Waals surface area contributed by atoms with E-state index in [2.05, 4.69) is 30.9 Å². The Morgan fingerprint density at radius 2 is 2.09 bits per heavy atom. The first kappa shape index (κ1) is 16.1. The molecule has 3 heterocycles. The number of ether oxygens (including phenoxy) is 1. The monoisotopic (exact) mass is 396 g/mol. The average molecular weight is 398 g/mol. The molecule has 0 aromatic carbocycles. The highest BCUT2D eigenvalue weighted by atomic mass is 79.9. The van der Waals surface area contributed by atoms with Crippen LogP contribution in [0.25, 0.3) is 0 Å². The molecule has 1 atom stereocenters. The molecule has 3 rings (SSSR count). The number of rotatable bonds is 3. The van der Waals surface area contributed by atoms with Gasteiger partial charge in [0.2, 0.25) is 0 Å². The molecule has 0 aliphatic carbocycles. The first-order valence-electron chi connectivity index (χ1n) is 7.16. The van der Waals surface area contributed by atoms with E-state index in [0.29, 0.717) is 23.7 Å². The molecule has 1 aliphatic rings. The van der Waals surface area contributed by atoms with E-state index in [1.54, 1.807) is 23.4 Å². The van der Waals surface area contributed by atoms with Crippen LogP contribution in [0.3, 0.4) is 0 Å². The summed E-state index contributed by atoms with van der Waals surface area (Å²) >= 11 is 9.09. The van der Waals surface area contributed by atoms with Gasteiger partial charge in [-0.1, -0.05) is 11.6 Å². The molecule has 1 aliphatic heterocycles. The molecule has 6 nitrogen and oxygen atoms in total. The van der Waals surface area contributed by atoms with Crippen LogP contribution >= 0.6 is 27.5 Å². The smallest absolute Gasteiger partial charge is 0.316 e. The van der Waals surface area contributed by atoms with Crippen molar-refractivity contribution in [1.82, 2.24) is 19.9 Å². The lowest BCUT2D eigenvalue weighted by molar-refractivity contribution is 0.0515. The van der Waals surface area contributed by atoms with Crippen molar-refractivity contribution < 1.29 is 9.53 Å². The summed E-state index contributed by atoms with van der Waals surface area (Å²) in [5, 5.41) is 0.458. The normalized spacial score (nSPS) is 17.8. The highest BCUT2D eigenvalue weighted by molar-refractivity contribution is 9.10. The molecule has 0 radical (unpaired) electrons. The van der Waals surface area contributed by atoms with Crippen molar-refractivity contribution >= 4 is 33.4 Å². The minimum absolute atomic E-state index is 0.0517. The number of likely N-dealkylation sites (tertiary alicyclic amines) is 1. The summed E-state index contributed by atoms with van der Waals surface area (Å²) in [7, 11) is 0. The van der Waals surface area contributed by atoms with Crippen molar-refractivity contribution in [2.24, 2.45) is 0 Å². The molecule has 2 aromatic rings. The molecule has 1 saturated heterocycles. The fraction of sp³-hybridized carbons (Fsp3) is 0.333. The molecule has 120 valence electrons. The molecule has 2 aromatic heterocycles. The SMILES string of the molecule is O=C(c1cncc(Br)c1)N1CCC[C@@H](Oc2ncc(Cl)cn2)C1. The van der Waals surface area contributed by atoms with Crippen molar-refractivity contribution in [1.29, 1.82) is 0 Å². The number of carbonyl (C=O) groups excluding carboxylic acids is 1. The standard InChI is InChI=1S/C15H14BrClN4O2/c16-11-4-10(5-18-6-11)14(22)21-3-1-2-13(9-21)23-15-19-7-12(17)8-20-15/h4-8,13H,1-3,9H2/t13-/m1/s1. The van der Waals surface area contributed by atoms with Gasteiger partial charge in [-0.2, -0.15) is 0 Å². The van der Waals surface area contributed by atoms with Gasteiger partial charge in [-0.05, 0) is 34.8 Å². The van der Waals surface area contributed by atoms with Crippen LogP contribution in [0.5, 0.6) is 6.01 Å². The van der Waals surface area contributed by atoms with Crippen LogP contribution in [0, 0.1) is 0 Å². The van der Waals surface area contributed by atoms with Gasteiger partial charge in [0.05, 0.1) is 29.5 Å². The van der Waals surface area contributed by atoms with Crippen LogP contribution in [0.4, 0.5) is 0 Å². The van der Waals surface area contributed by atoms with E-state index in [9.17, 15) is 4.79 Å². The van der Waals surface area contributed by atoms with Crippen LogP contribution < -0.4 is 4.74 Å². The van der Waals surface area contributed by atoms with Gasteiger partial charge in [0.1, 0.15) is 6.10 Å². The number of hydrogen-bond donors (Lipinski definition) is 0. The summed E-state index contributed by atoms with van der Waals surface area (Å²) in [5.74, 6) is -0.0517. The van der Waals surface area contributed by atoms with E-state index in [0.717, 1.165) is 17.3 Å². The van der Waals surface area contributed by atoms with E-state index >= 15 is 0 Å². The lowest BCUT2D eigenvalue weighted by Gasteiger charge is -2.32. The Bertz CT molecular complexity index is 698. The van der Waals surface area contributed by atoms with Crippen molar-refractivity contribution in [2.75, 3.05) is 13.1 Å². The van der Waals surface area contributed by atoms with Gasteiger partial charge >= 0.3 is 6.01 Å². The zero-order valence-electron chi connectivity index (χ0n) is 12.2. The third-order valence-corrected chi connectivity index (χ3v) is 4.11. The van der Waals surface area contributed by atoms with Crippen molar-refractivity contribution in [3.8, 4) is 6.01 Å². The topological polar surface area (TPSA) is 68.2 Å². The summed E-state index contributed by atoms with van der Waals surface area (Å²) in [5.41, 5.74) is 0.558. The number of piperidine rings is 1. The summed E-state index contributed by atoms with van der Waals surface area (Å²) in [4.78, 5) is 26.4. The zero-order valence-corrected chi connectivity index (χ0v) is 14.5. The molecule has 1 amide bonds. The molecule has 23 heavy (non-hydrogen) atoms. The Kier molecular flexibility index (Phi) is 5.07. The van der Waals surface area contributed by atoms with Gasteiger partial charge in [-0.3, -0.25) is 9.78 Å². The molecular formula is C15H14BrClN4O2. The average Bonchev–Trinajstić information content (AvgIpc) is 2.56. The lowest BCUT2D eigenvalue weighted by atomic mass is 10.1. The summed E-state index contributed by atoms with van der Waals surface area (Å²) < 4.78 is 6.53. The second kappa shape index (κ2) is 7.23. The number of aromatic nitrogens is 3. The first-order chi connectivity index (χ1) is 11.1. The maximum Gasteiger partial charge on any atom is 0.316 e. The summed E-state index contributed by atoms with van der Waals surface area (Å²) in [6.07, 6.45) is 7.79. The van der Waals surface area contributed by atoms with Crippen molar-refractivity contribution in [3.63, 3.8) is 0 Å². The first-order valence-corrected chi connectivity index (χ1v) is 8.33. The van der Waals surface area contributed by atoms with Gasteiger partial charge in [0.15, 0.2) is 0 Å². The molecular weight excluding hydrogens is 384 g/mol. The van der Waals surface area contributed by atoms with Crippen LogP contribution in [0.1, 0.15) is 23.2 Å². The minimum Gasteiger partial charge on any atom is -0.458 e. The number of carbonyl (C=O) groups is 1. The Morgan fingerprint density at radius 1 is 1.30 bits per heavy atom. The van der Waals surface area contributed by atoms with Gasteiger partial charge in [-0.15, -0.1) is 0 Å². The van der Waals surface area contributed by atoms with Crippen LogP contribution in [0.15, 0.2) is 35.3 Å². The van der Waals surface area contributed by atoms with Gasteiger partial charge < -0.3 is 9.64 Å². The lowest BCUT2D eigenvalue weighted by Crippen LogP contribution is -2.44. The molecule has 1 fully saturated rings. The highest BCUT2D eigenvalue weighted by Gasteiger charge is 2.26. The van der Waals surface area contributed by atoms with Crippen LogP contribution in [-0.4, -0.2) is 45.0 Å². The third-order valence-electron chi connectivity index (χ3n) is 3.49. The predicted molar refractivity (Wildman–Crippen MR) is 88.5 cm³/mol. The molecule has 0 saturated carbocycles. The Morgan fingerprint density at radius 3 is 2.83 bits per heavy atom. The van der Waals surface area contributed by atoms with E-state index in [1.807, 2.05) is 0 Å². The fourth-order valence-electron chi connectivity index (χ4n) is 2.44. The zero-order chi connectivity index (χ0) is 16.2. The molecule has 0 unspecified atom stereocenters. The Balaban J connectivity index is 1.66. The number of halogens is 2. The molecule has 0 bridgehead atoms. The van der Waals surface area contributed by atoms with Gasteiger partial charge in [0, 0.05) is 23.4 Å². The van der Waals surface area contributed by atoms with E-state index < -0.39 is 0 Å². The number of nitrogens with zero attached hydrogens (tertiary/aromatic N) is 4. The second-order valence-corrected chi connectivity index (χ2v) is 6.56. The maximum absolute atomic E-state index is 12.6. The minimum atomic E-state index is -0.131. The maximum atomic E-state index is 12.6. The Hall–Kier alpha value is -1.73. The molecule has 0 N–H and O–H groups in total. The quantitative estimate of drug-likeness (QED) is 0.796. The van der Waals surface area contributed by atoms with E-state index in [1.165, 1.54) is 12.4 Å². The van der Waals surface area contributed by atoms with Gasteiger partial charge in [0.25, 0.3) is 5.91 Å². The largest absolute Gasteiger partial charge is 0.458 e. The van der Waals surface area contributed by atoms with Crippen LogP contribution in [0.2, 0.25) is 5.02 Å². The van der Waals surface area contributed by atoms with Crippen LogP contribution in [-0.2, 0) is 0 Å². The molecule has 8 heteroatoms. The highest BCUT2D eigenvalue weighted by Crippen LogP contribution is 2.19. The summed E-state index contributed by atoms with van der Waals surface area (Å²) in [6.45, 7) is 1.20. The third kappa shape index (κ3) is 4.17. The predicted octanol–water partition coefficient (Wildman–Crippen LogP) is 2.97. The number of amides is 1.